The van der Waals surface area contributed by atoms with E-state index in [-0.39, 0.29) is 12.6 Å². The summed E-state index contributed by atoms with van der Waals surface area (Å²) >= 11 is 0. The summed E-state index contributed by atoms with van der Waals surface area (Å²) in [4.78, 5) is 26.6. The Balaban J connectivity index is 1.45. The number of nitrogens with one attached hydrogen (secondary N) is 3. The second-order valence-corrected chi connectivity index (χ2v) is 6.70. The van der Waals surface area contributed by atoms with Gasteiger partial charge in [-0.2, -0.15) is 9.97 Å². The Morgan fingerprint density at radius 2 is 2.15 bits per heavy atom. The number of hydrogen-bond donors (Lipinski definition) is 4. The molecule has 27 heavy (non-hydrogen) atoms. The standard InChI is InChI=1S/C18H20N8O/c27-9-11-4-3-7-26(11)18-24-16(15-17(25-18)21-10-20-15)19-8-14-22-12-5-1-2-6-13(12)23-14/h1-2,5-6,10-11,27H,3-4,7-9H2,(H,22,23)(H2,19,20,21,24,25). The molecule has 0 radical (unpaired) electrons. The van der Waals surface area contributed by atoms with Crippen LogP contribution in [0.4, 0.5) is 11.8 Å². The number of H-pyrrole nitrogens is 2. The minimum atomic E-state index is 0.0598. The molecule has 0 saturated carbocycles. The number of hydrogen-bond acceptors (Lipinski definition) is 7. The van der Waals surface area contributed by atoms with E-state index >= 15 is 0 Å². The number of benzene rings is 1. The Bertz CT molecular complexity index is 1050. The molecule has 138 valence electrons. The Labute approximate surface area is 154 Å². The molecule has 0 aliphatic carbocycles. The van der Waals surface area contributed by atoms with Crippen molar-refractivity contribution in [2.45, 2.75) is 25.4 Å². The van der Waals surface area contributed by atoms with E-state index in [1.807, 2.05) is 24.3 Å². The Morgan fingerprint density at radius 1 is 1.22 bits per heavy atom. The smallest absolute Gasteiger partial charge is 0.229 e. The predicted octanol–water partition coefficient (Wildman–Crippen LogP) is 1.80. The summed E-state index contributed by atoms with van der Waals surface area (Å²) < 4.78 is 0. The van der Waals surface area contributed by atoms with Crippen molar-refractivity contribution in [3.05, 3.63) is 36.4 Å². The topological polar surface area (TPSA) is 119 Å². The summed E-state index contributed by atoms with van der Waals surface area (Å²) in [5.74, 6) is 2.10. The normalized spacial score (nSPS) is 17.2. The third kappa shape index (κ3) is 2.85. The fraction of sp³-hybridized carbons (Fsp3) is 0.333. The first-order valence-corrected chi connectivity index (χ1v) is 9.08. The van der Waals surface area contributed by atoms with Crippen molar-refractivity contribution in [2.24, 2.45) is 0 Å². The number of aliphatic hydroxyl groups excluding tert-OH is 1. The van der Waals surface area contributed by atoms with Gasteiger partial charge in [-0.25, -0.2) is 9.97 Å². The highest BCUT2D eigenvalue weighted by Crippen LogP contribution is 2.26. The number of nitrogens with zero attached hydrogens (tertiary/aromatic N) is 5. The van der Waals surface area contributed by atoms with Gasteiger partial charge < -0.3 is 25.3 Å². The van der Waals surface area contributed by atoms with E-state index in [2.05, 4.69) is 35.1 Å². The van der Waals surface area contributed by atoms with Crippen LogP contribution >= 0.6 is 0 Å². The number of fused-ring (bicyclic) bond motifs is 2. The molecule has 5 rings (SSSR count). The molecular weight excluding hydrogens is 344 g/mol. The zero-order valence-corrected chi connectivity index (χ0v) is 14.7. The number of para-hydroxylation sites is 2. The van der Waals surface area contributed by atoms with Gasteiger partial charge in [-0.3, -0.25) is 0 Å². The maximum absolute atomic E-state index is 9.61. The summed E-state index contributed by atoms with van der Waals surface area (Å²) in [5, 5.41) is 13.0. The van der Waals surface area contributed by atoms with Gasteiger partial charge in [0, 0.05) is 6.54 Å². The van der Waals surface area contributed by atoms with Gasteiger partial charge in [-0.15, -0.1) is 0 Å². The van der Waals surface area contributed by atoms with Gasteiger partial charge in [0.15, 0.2) is 11.5 Å². The van der Waals surface area contributed by atoms with Crippen LogP contribution in [-0.2, 0) is 6.54 Å². The fourth-order valence-corrected chi connectivity index (χ4v) is 3.62. The highest BCUT2D eigenvalue weighted by molar-refractivity contribution is 5.84. The number of anilines is 2. The lowest BCUT2D eigenvalue weighted by Crippen LogP contribution is -2.33. The average Bonchev–Trinajstić information content (AvgIpc) is 3.43. The van der Waals surface area contributed by atoms with E-state index in [0.717, 1.165) is 41.8 Å². The third-order valence-electron chi connectivity index (χ3n) is 4.98. The minimum absolute atomic E-state index is 0.0598. The van der Waals surface area contributed by atoms with Crippen molar-refractivity contribution < 1.29 is 5.11 Å². The SMILES string of the molecule is OCC1CCCN1c1nc(NCc2nc3ccccc3[nH]2)c2[nH]cnc2n1. The van der Waals surface area contributed by atoms with Gasteiger partial charge in [0.25, 0.3) is 0 Å². The van der Waals surface area contributed by atoms with Crippen molar-refractivity contribution >= 4 is 34.0 Å². The first-order chi connectivity index (χ1) is 13.3. The van der Waals surface area contributed by atoms with Gasteiger partial charge in [-0.05, 0) is 25.0 Å². The second-order valence-electron chi connectivity index (χ2n) is 6.70. The van der Waals surface area contributed by atoms with Crippen LogP contribution in [0.2, 0.25) is 0 Å². The summed E-state index contributed by atoms with van der Waals surface area (Å²) in [5.41, 5.74) is 3.31. The molecule has 9 nitrogen and oxygen atoms in total. The van der Waals surface area contributed by atoms with Crippen LogP contribution in [0.5, 0.6) is 0 Å². The molecule has 1 unspecified atom stereocenters. The van der Waals surface area contributed by atoms with Crippen LogP contribution in [-0.4, -0.2) is 54.2 Å². The van der Waals surface area contributed by atoms with E-state index in [0.29, 0.717) is 24.0 Å². The summed E-state index contributed by atoms with van der Waals surface area (Å²) in [6.45, 7) is 1.44. The summed E-state index contributed by atoms with van der Waals surface area (Å²) in [7, 11) is 0. The second kappa shape index (κ2) is 6.51. The van der Waals surface area contributed by atoms with E-state index in [1.165, 1.54) is 0 Å². The summed E-state index contributed by atoms with van der Waals surface area (Å²) in [6.07, 6.45) is 3.58. The quantitative estimate of drug-likeness (QED) is 0.426. The molecule has 4 N–H and O–H groups in total. The monoisotopic (exact) mass is 364 g/mol. The number of imidazole rings is 2. The van der Waals surface area contributed by atoms with E-state index in [9.17, 15) is 5.11 Å². The van der Waals surface area contributed by atoms with E-state index < -0.39 is 0 Å². The third-order valence-corrected chi connectivity index (χ3v) is 4.98. The molecular formula is C18H20N8O. The van der Waals surface area contributed by atoms with Crippen LogP contribution in [0.25, 0.3) is 22.2 Å². The first kappa shape index (κ1) is 16.0. The molecule has 1 aromatic carbocycles. The molecule has 1 atom stereocenters. The molecule has 1 saturated heterocycles. The largest absolute Gasteiger partial charge is 0.394 e. The van der Waals surface area contributed by atoms with Crippen molar-refractivity contribution in [3.63, 3.8) is 0 Å². The Hall–Kier alpha value is -3.20. The zero-order chi connectivity index (χ0) is 18.2. The molecule has 0 bridgehead atoms. The van der Waals surface area contributed by atoms with Crippen molar-refractivity contribution in [1.29, 1.82) is 0 Å². The molecule has 3 aromatic heterocycles. The average molecular weight is 364 g/mol. The molecule has 1 fully saturated rings. The lowest BCUT2D eigenvalue weighted by molar-refractivity contribution is 0.265. The maximum atomic E-state index is 9.61. The van der Waals surface area contributed by atoms with Crippen molar-refractivity contribution in [3.8, 4) is 0 Å². The van der Waals surface area contributed by atoms with E-state index in [4.69, 9.17) is 4.98 Å². The van der Waals surface area contributed by atoms with Crippen LogP contribution in [0.3, 0.4) is 0 Å². The van der Waals surface area contributed by atoms with Crippen LogP contribution < -0.4 is 10.2 Å². The molecule has 0 spiro atoms. The molecule has 1 aliphatic heterocycles. The highest BCUT2D eigenvalue weighted by Gasteiger charge is 2.27. The van der Waals surface area contributed by atoms with Gasteiger partial charge in [0.1, 0.15) is 11.3 Å². The van der Waals surface area contributed by atoms with Gasteiger partial charge in [-0.1, -0.05) is 12.1 Å². The van der Waals surface area contributed by atoms with Gasteiger partial charge in [0.2, 0.25) is 5.95 Å². The number of aromatic nitrogens is 6. The van der Waals surface area contributed by atoms with Gasteiger partial charge >= 0.3 is 0 Å². The van der Waals surface area contributed by atoms with Crippen molar-refractivity contribution in [1.82, 2.24) is 29.9 Å². The molecule has 0 amide bonds. The predicted molar refractivity (Wildman–Crippen MR) is 103 cm³/mol. The molecule has 4 aromatic rings. The fourth-order valence-electron chi connectivity index (χ4n) is 3.62. The number of aliphatic hydroxyl groups is 1. The number of rotatable bonds is 5. The van der Waals surface area contributed by atoms with Crippen LogP contribution in [0, 0.1) is 0 Å². The maximum Gasteiger partial charge on any atom is 0.229 e. The number of aromatic amines is 2. The molecule has 1 aliphatic rings. The summed E-state index contributed by atoms with van der Waals surface area (Å²) in [6, 6.07) is 8.00. The molecule has 4 heterocycles. The minimum Gasteiger partial charge on any atom is -0.394 e. The lowest BCUT2D eigenvalue weighted by atomic mass is 10.2. The first-order valence-electron chi connectivity index (χ1n) is 9.08. The molecule has 9 heteroatoms. The lowest BCUT2D eigenvalue weighted by Gasteiger charge is -2.23. The zero-order valence-electron chi connectivity index (χ0n) is 14.7. The van der Waals surface area contributed by atoms with Crippen LogP contribution in [0.15, 0.2) is 30.6 Å². The van der Waals surface area contributed by atoms with Crippen molar-refractivity contribution in [2.75, 3.05) is 23.4 Å². The Morgan fingerprint density at radius 3 is 3.04 bits per heavy atom. The van der Waals surface area contributed by atoms with Gasteiger partial charge in [0.05, 0.1) is 36.6 Å². The highest BCUT2D eigenvalue weighted by atomic mass is 16.3. The van der Waals surface area contributed by atoms with Crippen LogP contribution in [0.1, 0.15) is 18.7 Å². The Kier molecular flexibility index (Phi) is 3.86. The van der Waals surface area contributed by atoms with E-state index in [1.54, 1.807) is 6.33 Å².